The van der Waals surface area contributed by atoms with E-state index in [0.717, 1.165) is 18.2 Å². The van der Waals surface area contributed by atoms with Crippen molar-refractivity contribution in [3.63, 3.8) is 0 Å². The van der Waals surface area contributed by atoms with Gasteiger partial charge in [0.2, 0.25) is 0 Å². The van der Waals surface area contributed by atoms with Gasteiger partial charge in [-0.15, -0.1) is 0 Å². The molecular formula is C19H14F3N3O2. The third-order valence-corrected chi connectivity index (χ3v) is 3.83. The summed E-state index contributed by atoms with van der Waals surface area (Å²) < 4.78 is 48.4. The molecule has 3 aromatic rings. The number of halogens is 3. The van der Waals surface area contributed by atoms with Crippen molar-refractivity contribution in [3.05, 3.63) is 71.4 Å². The Morgan fingerprint density at radius 1 is 1.15 bits per heavy atom. The second-order valence-electron chi connectivity index (χ2n) is 5.69. The van der Waals surface area contributed by atoms with Crippen LogP contribution >= 0.6 is 0 Å². The van der Waals surface area contributed by atoms with Gasteiger partial charge in [-0.3, -0.25) is 9.78 Å². The van der Waals surface area contributed by atoms with Crippen LogP contribution in [0.3, 0.4) is 0 Å². The number of carbonyl (C=O) groups excluding carboxylic acids is 1. The lowest BCUT2D eigenvalue weighted by atomic mass is 10.0. The molecule has 0 radical (unpaired) electrons. The first kappa shape index (κ1) is 18.5. The van der Waals surface area contributed by atoms with Crippen molar-refractivity contribution in [2.24, 2.45) is 5.73 Å². The molecule has 8 heteroatoms. The monoisotopic (exact) mass is 373 g/mol. The van der Waals surface area contributed by atoms with Gasteiger partial charge in [-0.1, -0.05) is 6.07 Å². The molecule has 2 aromatic heterocycles. The van der Waals surface area contributed by atoms with Crippen LogP contribution in [0.5, 0.6) is 0 Å². The number of rotatable bonds is 5. The molecule has 1 amide bonds. The van der Waals surface area contributed by atoms with E-state index in [1.54, 1.807) is 12.1 Å². The summed E-state index contributed by atoms with van der Waals surface area (Å²) >= 11 is 0. The molecule has 138 valence electrons. The smallest absolute Gasteiger partial charge is 0.267 e. The first-order valence-corrected chi connectivity index (χ1v) is 7.80. The average Bonchev–Trinajstić information content (AvgIpc) is 2.63. The summed E-state index contributed by atoms with van der Waals surface area (Å²) in [6, 6.07) is 6.15. The van der Waals surface area contributed by atoms with Gasteiger partial charge in [-0.25, -0.2) is 18.2 Å². The molecule has 3 rings (SSSR count). The quantitative estimate of drug-likeness (QED) is 0.743. The van der Waals surface area contributed by atoms with E-state index in [9.17, 15) is 18.0 Å². The molecule has 0 saturated carbocycles. The summed E-state index contributed by atoms with van der Waals surface area (Å²) in [5.41, 5.74) is 4.39. The molecule has 2 N–H and O–H groups in total. The van der Waals surface area contributed by atoms with E-state index in [1.165, 1.54) is 19.5 Å². The minimum Gasteiger partial charge on any atom is -0.380 e. The number of benzene rings is 1. The lowest BCUT2D eigenvalue weighted by Gasteiger charge is -2.12. The Balaban J connectivity index is 2.21. The Hall–Kier alpha value is -3.26. The van der Waals surface area contributed by atoms with Crippen molar-refractivity contribution in [2.45, 2.75) is 6.61 Å². The number of pyridine rings is 2. The number of nitrogens with two attached hydrogens (primary N) is 1. The van der Waals surface area contributed by atoms with E-state index in [4.69, 9.17) is 10.5 Å². The van der Waals surface area contributed by atoms with Gasteiger partial charge < -0.3 is 10.5 Å². The summed E-state index contributed by atoms with van der Waals surface area (Å²) in [6.45, 7) is -0.0173. The average molecular weight is 373 g/mol. The van der Waals surface area contributed by atoms with Crippen LogP contribution in [0.25, 0.3) is 22.4 Å². The Kier molecular flexibility index (Phi) is 5.18. The molecule has 0 aliphatic carbocycles. The van der Waals surface area contributed by atoms with Crippen LogP contribution in [0.4, 0.5) is 13.2 Å². The SMILES string of the molecule is COCc1cc(F)c(-c2nc(C(N)=O)c(-c3cccnc3)cc2F)c(F)c1. The zero-order valence-corrected chi connectivity index (χ0v) is 14.2. The first-order valence-electron chi connectivity index (χ1n) is 7.80. The molecule has 0 aliphatic heterocycles. The van der Waals surface area contributed by atoms with Crippen LogP contribution in [0.1, 0.15) is 16.1 Å². The Bertz CT molecular complexity index is 988. The van der Waals surface area contributed by atoms with E-state index in [-0.39, 0.29) is 23.4 Å². The van der Waals surface area contributed by atoms with Crippen molar-refractivity contribution in [1.29, 1.82) is 0 Å². The second-order valence-corrected chi connectivity index (χ2v) is 5.69. The second kappa shape index (κ2) is 7.55. The first-order chi connectivity index (χ1) is 12.9. The van der Waals surface area contributed by atoms with Crippen molar-refractivity contribution in [3.8, 4) is 22.4 Å². The molecule has 0 bridgehead atoms. The van der Waals surface area contributed by atoms with Gasteiger partial charge in [0.1, 0.15) is 28.8 Å². The fraction of sp³-hybridized carbons (Fsp3) is 0.105. The van der Waals surface area contributed by atoms with Gasteiger partial charge >= 0.3 is 0 Å². The summed E-state index contributed by atoms with van der Waals surface area (Å²) in [5.74, 6) is -4.03. The van der Waals surface area contributed by atoms with E-state index in [2.05, 4.69) is 9.97 Å². The van der Waals surface area contributed by atoms with Crippen molar-refractivity contribution >= 4 is 5.91 Å². The highest BCUT2D eigenvalue weighted by Crippen LogP contribution is 2.32. The normalized spacial score (nSPS) is 10.8. The predicted octanol–water partition coefficient (Wildman–Crippen LogP) is 3.47. The molecule has 27 heavy (non-hydrogen) atoms. The maximum absolute atomic E-state index is 14.7. The third kappa shape index (κ3) is 3.65. The lowest BCUT2D eigenvalue weighted by molar-refractivity contribution is 0.0996. The van der Waals surface area contributed by atoms with Gasteiger partial charge in [0, 0.05) is 30.6 Å². The van der Waals surface area contributed by atoms with Gasteiger partial charge in [-0.2, -0.15) is 0 Å². The van der Waals surface area contributed by atoms with E-state index >= 15 is 0 Å². The van der Waals surface area contributed by atoms with Crippen molar-refractivity contribution in [2.75, 3.05) is 7.11 Å². The van der Waals surface area contributed by atoms with Gasteiger partial charge in [0.25, 0.3) is 5.91 Å². The molecule has 5 nitrogen and oxygen atoms in total. The number of nitrogens with zero attached hydrogens (tertiary/aromatic N) is 2. The molecule has 0 spiro atoms. The van der Waals surface area contributed by atoms with Gasteiger partial charge in [0.05, 0.1) is 12.2 Å². The highest BCUT2D eigenvalue weighted by atomic mass is 19.1. The maximum Gasteiger partial charge on any atom is 0.267 e. The highest BCUT2D eigenvalue weighted by Gasteiger charge is 2.23. The Labute approximate surface area is 152 Å². The molecule has 0 fully saturated rings. The number of amides is 1. The Morgan fingerprint density at radius 2 is 1.85 bits per heavy atom. The number of ether oxygens (including phenoxy) is 1. The maximum atomic E-state index is 14.7. The van der Waals surface area contributed by atoms with Crippen LogP contribution in [0, 0.1) is 17.5 Å². The van der Waals surface area contributed by atoms with E-state index < -0.39 is 34.6 Å². The number of hydrogen-bond acceptors (Lipinski definition) is 4. The zero-order chi connectivity index (χ0) is 19.6. The fourth-order valence-electron chi connectivity index (χ4n) is 2.70. The predicted molar refractivity (Wildman–Crippen MR) is 92.0 cm³/mol. The molecule has 2 heterocycles. The fourth-order valence-corrected chi connectivity index (χ4v) is 2.70. The van der Waals surface area contributed by atoms with Crippen LogP contribution in [-0.4, -0.2) is 23.0 Å². The number of methoxy groups -OCH3 is 1. The molecule has 0 atom stereocenters. The summed E-state index contributed by atoms with van der Waals surface area (Å²) in [5, 5.41) is 0. The number of primary amides is 1. The number of aromatic nitrogens is 2. The van der Waals surface area contributed by atoms with Crippen LogP contribution in [-0.2, 0) is 11.3 Å². The zero-order valence-electron chi connectivity index (χ0n) is 14.2. The lowest BCUT2D eigenvalue weighted by Crippen LogP contribution is -2.16. The summed E-state index contributed by atoms with van der Waals surface area (Å²) in [4.78, 5) is 19.5. The van der Waals surface area contributed by atoms with E-state index in [1.807, 2.05) is 0 Å². The molecule has 0 unspecified atom stereocenters. The molecular weight excluding hydrogens is 359 g/mol. The minimum atomic E-state index is -1.03. The number of hydrogen-bond donors (Lipinski definition) is 1. The Morgan fingerprint density at radius 3 is 2.41 bits per heavy atom. The van der Waals surface area contributed by atoms with Crippen molar-refractivity contribution in [1.82, 2.24) is 9.97 Å². The standard InChI is InChI=1S/C19H14F3N3O2/c1-27-9-10-5-13(20)16(14(21)6-10)18-15(22)7-12(17(25-18)19(23)26)11-3-2-4-24-8-11/h2-8H,9H2,1H3,(H2,23,26). The van der Waals surface area contributed by atoms with Gasteiger partial charge in [0.15, 0.2) is 0 Å². The van der Waals surface area contributed by atoms with Crippen LogP contribution in [0.2, 0.25) is 0 Å². The van der Waals surface area contributed by atoms with E-state index in [0.29, 0.717) is 5.56 Å². The van der Waals surface area contributed by atoms with Crippen molar-refractivity contribution < 1.29 is 22.7 Å². The molecule has 0 saturated heterocycles. The highest BCUT2D eigenvalue weighted by molar-refractivity contribution is 5.98. The minimum absolute atomic E-state index is 0.0173. The van der Waals surface area contributed by atoms with Gasteiger partial charge in [-0.05, 0) is 29.8 Å². The van der Waals surface area contributed by atoms with Crippen LogP contribution < -0.4 is 5.73 Å². The molecule has 0 aliphatic rings. The number of carbonyl (C=O) groups is 1. The topological polar surface area (TPSA) is 78.1 Å². The largest absolute Gasteiger partial charge is 0.380 e. The third-order valence-electron chi connectivity index (χ3n) is 3.83. The molecule has 1 aromatic carbocycles. The van der Waals surface area contributed by atoms with Crippen LogP contribution in [0.15, 0.2) is 42.7 Å². The summed E-state index contributed by atoms with van der Waals surface area (Å²) in [7, 11) is 1.38. The summed E-state index contributed by atoms with van der Waals surface area (Å²) in [6.07, 6.45) is 2.89.